The summed E-state index contributed by atoms with van der Waals surface area (Å²) in [5.74, 6) is 0.562. The van der Waals surface area contributed by atoms with Gasteiger partial charge in [0.2, 0.25) is 10.0 Å². The fourth-order valence-electron chi connectivity index (χ4n) is 2.33. The number of alkyl halides is 1. The maximum atomic E-state index is 11.9. The highest BCUT2D eigenvalue weighted by atomic mass is 79.9. The van der Waals surface area contributed by atoms with Gasteiger partial charge in [-0.05, 0) is 42.9 Å². The predicted octanol–water partition coefficient (Wildman–Crippen LogP) is 2.11. The van der Waals surface area contributed by atoms with Crippen molar-refractivity contribution in [2.45, 2.75) is 30.5 Å². The monoisotopic (exact) mass is 346 g/mol. The Kier molecular flexibility index (Phi) is 5.36. The average Bonchev–Trinajstić information content (AvgIpc) is 2.81. The summed E-state index contributed by atoms with van der Waals surface area (Å²) >= 11 is 3.61. The topological polar surface area (TPSA) is 59.1 Å². The minimum absolute atomic E-state index is 0.136. The highest BCUT2D eigenvalue weighted by molar-refractivity contribution is 9.09. The van der Waals surface area contributed by atoms with Crippen molar-refractivity contribution in [1.29, 1.82) is 0 Å². The van der Waals surface area contributed by atoms with Crippen LogP contribution in [0.4, 0.5) is 0 Å². The van der Waals surface area contributed by atoms with Crippen LogP contribution >= 0.6 is 15.9 Å². The molecule has 1 N–H and O–H groups in total. The molecule has 4 nitrogen and oxygen atoms in total. The van der Waals surface area contributed by atoms with E-state index in [0.717, 1.165) is 18.4 Å². The van der Waals surface area contributed by atoms with Crippen molar-refractivity contribution in [2.24, 2.45) is 5.92 Å². The van der Waals surface area contributed by atoms with E-state index in [1.165, 1.54) is 6.42 Å². The lowest BCUT2D eigenvalue weighted by molar-refractivity contribution is 0.529. The van der Waals surface area contributed by atoms with E-state index in [2.05, 4.69) is 25.6 Å². The first-order valence-electron chi connectivity index (χ1n) is 6.57. The summed E-state index contributed by atoms with van der Waals surface area (Å²) < 4.78 is 26.6. The maximum absolute atomic E-state index is 11.9. The molecule has 0 aliphatic heterocycles. The minimum Gasteiger partial charge on any atom is -0.265 e. The van der Waals surface area contributed by atoms with Crippen LogP contribution < -0.4 is 4.72 Å². The van der Waals surface area contributed by atoms with Crippen LogP contribution in [0, 0.1) is 5.92 Å². The lowest BCUT2D eigenvalue weighted by atomic mass is 10.1. The number of halogens is 1. The number of nitrogens with one attached hydrogen (secondary N) is 1. The van der Waals surface area contributed by atoms with E-state index in [1.54, 1.807) is 12.4 Å². The molecule has 1 saturated carbocycles. The van der Waals surface area contributed by atoms with Crippen molar-refractivity contribution in [3.63, 3.8) is 0 Å². The van der Waals surface area contributed by atoms with Gasteiger partial charge >= 0.3 is 0 Å². The van der Waals surface area contributed by atoms with Gasteiger partial charge in [0.05, 0.1) is 5.75 Å². The Morgan fingerprint density at radius 3 is 2.68 bits per heavy atom. The summed E-state index contributed by atoms with van der Waals surface area (Å²) in [6.45, 7) is 0.550. The molecule has 2 rings (SSSR count). The smallest absolute Gasteiger partial charge is 0.211 e. The lowest BCUT2D eigenvalue weighted by Gasteiger charge is -2.14. The zero-order chi connectivity index (χ0) is 13.7. The van der Waals surface area contributed by atoms with Gasteiger partial charge in [-0.1, -0.05) is 22.4 Å². The van der Waals surface area contributed by atoms with Gasteiger partial charge in [0.15, 0.2) is 0 Å². The number of nitrogens with zero attached hydrogens (tertiary/aromatic N) is 1. The maximum Gasteiger partial charge on any atom is 0.211 e. The van der Waals surface area contributed by atoms with Gasteiger partial charge in [0.1, 0.15) is 0 Å². The second-order valence-corrected chi connectivity index (χ2v) is 8.08. The van der Waals surface area contributed by atoms with E-state index in [9.17, 15) is 8.42 Å². The zero-order valence-corrected chi connectivity index (χ0v) is 13.2. The van der Waals surface area contributed by atoms with Crippen LogP contribution in [-0.4, -0.2) is 30.5 Å². The number of hydrogen-bond acceptors (Lipinski definition) is 3. The van der Waals surface area contributed by atoms with Gasteiger partial charge in [-0.2, -0.15) is 0 Å². The number of sulfonamides is 1. The quantitative estimate of drug-likeness (QED) is 0.802. The average molecular weight is 347 g/mol. The van der Waals surface area contributed by atoms with Gasteiger partial charge in [-0.25, -0.2) is 13.1 Å². The third kappa shape index (κ3) is 4.85. The Morgan fingerprint density at radius 2 is 2.05 bits per heavy atom. The third-order valence-electron chi connectivity index (χ3n) is 3.54. The molecule has 0 spiro atoms. The Labute approximate surface area is 123 Å². The summed E-state index contributed by atoms with van der Waals surface area (Å²) in [7, 11) is -3.18. The van der Waals surface area contributed by atoms with Crippen LogP contribution in [0.3, 0.4) is 0 Å². The first-order chi connectivity index (χ1) is 9.07. The van der Waals surface area contributed by atoms with Crippen molar-refractivity contribution >= 4 is 26.0 Å². The molecule has 2 unspecified atom stereocenters. The number of hydrogen-bond donors (Lipinski definition) is 1. The summed E-state index contributed by atoms with van der Waals surface area (Å²) in [5, 5.41) is 0. The standard InChI is InChI=1S/C13H19BrN2O2S/c14-13-3-1-2-12(13)10-16-19(17,18)9-6-11-4-7-15-8-5-11/h4-5,7-8,12-13,16H,1-3,6,9-10H2. The third-order valence-corrected chi connectivity index (χ3v) is 6.09. The summed E-state index contributed by atoms with van der Waals surface area (Å²) in [6, 6.07) is 3.70. The van der Waals surface area contributed by atoms with E-state index in [1.807, 2.05) is 12.1 Å². The molecule has 0 bridgehead atoms. The van der Waals surface area contributed by atoms with E-state index in [4.69, 9.17) is 0 Å². The molecule has 1 heterocycles. The van der Waals surface area contributed by atoms with E-state index in [-0.39, 0.29) is 5.75 Å². The van der Waals surface area contributed by atoms with Crippen molar-refractivity contribution in [3.8, 4) is 0 Å². The molecule has 1 aliphatic carbocycles. The van der Waals surface area contributed by atoms with Crippen molar-refractivity contribution in [1.82, 2.24) is 9.71 Å². The van der Waals surface area contributed by atoms with Crippen molar-refractivity contribution in [2.75, 3.05) is 12.3 Å². The second-order valence-electron chi connectivity index (χ2n) is 4.98. The lowest BCUT2D eigenvalue weighted by Crippen LogP contribution is -2.33. The fraction of sp³-hybridized carbons (Fsp3) is 0.615. The Bertz CT molecular complexity index is 493. The molecule has 106 valence electrons. The molecule has 1 aromatic rings. The van der Waals surface area contributed by atoms with Crippen LogP contribution in [0.15, 0.2) is 24.5 Å². The van der Waals surface area contributed by atoms with E-state index in [0.29, 0.717) is 23.7 Å². The zero-order valence-electron chi connectivity index (χ0n) is 10.8. The Hall–Kier alpha value is -0.460. The molecule has 6 heteroatoms. The molecule has 0 radical (unpaired) electrons. The largest absolute Gasteiger partial charge is 0.265 e. The van der Waals surface area contributed by atoms with Crippen molar-refractivity contribution in [3.05, 3.63) is 30.1 Å². The molecule has 1 aromatic heterocycles. The predicted molar refractivity (Wildman–Crippen MR) is 79.8 cm³/mol. The number of aromatic nitrogens is 1. The van der Waals surface area contributed by atoms with Gasteiger partial charge in [-0.15, -0.1) is 0 Å². The van der Waals surface area contributed by atoms with Gasteiger partial charge in [0.25, 0.3) is 0 Å². The molecule has 1 aliphatic rings. The molecule has 2 atom stereocenters. The number of rotatable bonds is 6. The first kappa shape index (κ1) is 14.9. The number of aryl methyl sites for hydroxylation is 1. The van der Waals surface area contributed by atoms with Gasteiger partial charge < -0.3 is 0 Å². The van der Waals surface area contributed by atoms with Crippen LogP contribution in [0.1, 0.15) is 24.8 Å². The molecular weight excluding hydrogens is 328 g/mol. The normalized spacial score (nSPS) is 23.6. The van der Waals surface area contributed by atoms with Crippen LogP contribution in [-0.2, 0) is 16.4 Å². The fourth-order valence-corrected chi connectivity index (χ4v) is 4.22. The van der Waals surface area contributed by atoms with E-state index < -0.39 is 10.0 Å². The highest BCUT2D eigenvalue weighted by Crippen LogP contribution is 2.30. The van der Waals surface area contributed by atoms with Gasteiger partial charge in [0, 0.05) is 23.8 Å². The highest BCUT2D eigenvalue weighted by Gasteiger charge is 2.25. The molecule has 0 aromatic carbocycles. The first-order valence-corrected chi connectivity index (χ1v) is 9.14. The van der Waals surface area contributed by atoms with Crippen LogP contribution in [0.25, 0.3) is 0 Å². The van der Waals surface area contributed by atoms with E-state index >= 15 is 0 Å². The molecule has 0 amide bonds. The molecular formula is C13H19BrN2O2S. The Balaban J connectivity index is 1.79. The van der Waals surface area contributed by atoms with Crippen LogP contribution in [0.2, 0.25) is 0 Å². The van der Waals surface area contributed by atoms with Gasteiger partial charge in [-0.3, -0.25) is 4.98 Å². The molecule has 0 saturated heterocycles. The Morgan fingerprint density at radius 1 is 1.32 bits per heavy atom. The molecule has 19 heavy (non-hydrogen) atoms. The van der Waals surface area contributed by atoms with Crippen LogP contribution in [0.5, 0.6) is 0 Å². The summed E-state index contributed by atoms with van der Waals surface area (Å²) in [4.78, 5) is 4.37. The summed E-state index contributed by atoms with van der Waals surface area (Å²) in [6.07, 6.45) is 7.32. The number of pyridine rings is 1. The summed E-state index contributed by atoms with van der Waals surface area (Å²) in [5.41, 5.74) is 1.000. The second kappa shape index (κ2) is 6.81. The molecule has 1 fully saturated rings. The SMILES string of the molecule is O=S(=O)(CCc1ccncc1)NCC1CCCC1Br. The minimum atomic E-state index is -3.18. The van der Waals surface area contributed by atoms with Crippen molar-refractivity contribution < 1.29 is 8.42 Å².